The molecule has 2 amide bonds. The van der Waals surface area contributed by atoms with Crippen molar-refractivity contribution < 1.29 is 14.3 Å². The summed E-state index contributed by atoms with van der Waals surface area (Å²) in [5.74, 6) is -0.0235. The van der Waals surface area contributed by atoms with Crippen LogP contribution in [0.2, 0.25) is 5.02 Å². The normalized spacial score (nSPS) is 10.5. The van der Waals surface area contributed by atoms with Crippen molar-refractivity contribution in [1.82, 2.24) is 5.43 Å². The molecule has 0 bridgehead atoms. The first kappa shape index (κ1) is 20.1. The molecule has 0 radical (unpaired) electrons. The van der Waals surface area contributed by atoms with Crippen molar-refractivity contribution in [1.29, 1.82) is 0 Å². The van der Waals surface area contributed by atoms with Gasteiger partial charge in [0.05, 0.1) is 6.21 Å². The lowest BCUT2D eigenvalue weighted by atomic mass is 10.2. The van der Waals surface area contributed by atoms with Gasteiger partial charge in [0, 0.05) is 16.3 Å². The van der Waals surface area contributed by atoms with E-state index < -0.39 is 0 Å². The van der Waals surface area contributed by atoms with Crippen molar-refractivity contribution in [3.05, 3.63) is 95.0 Å². The molecule has 0 aliphatic heterocycles. The van der Waals surface area contributed by atoms with E-state index in [9.17, 15) is 9.59 Å². The van der Waals surface area contributed by atoms with Gasteiger partial charge in [0.25, 0.3) is 11.8 Å². The maximum atomic E-state index is 12.0. The quantitative estimate of drug-likeness (QED) is 0.456. The van der Waals surface area contributed by atoms with Crippen molar-refractivity contribution >= 4 is 35.3 Å². The Labute approximate surface area is 173 Å². The molecule has 7 heteroatoms. The van der Waals surface area contributed by atoms with Crippen molar-refractivity contribution in [2.24, 2.45) is 5.10 Å². The lowest BCUT2D eigenvalue weighted by Crippen LogP contribution is -2.20. The number of ether oxygens (including phenoxy) is 1. The largest absolute Gasteiger partial charge is 0.484 e. The van der Waals surface area contributed by atoms with Crippen molar-refractivity contribution in [3.63, 3.8) is 0 Å². The molecular weight excluding hydrogens is 390 g/mol. The fourth-order valence-electron chi connectivity index (χ4n) is 2.35. The Morgan fingerprint density at radius 3 is 2.31 bits per heavy atom. The van der Waals surface area contributed by atoms with Crippen molar-refractivity contribution in [2.75, 3.05) is 11.9 Å². The van der Waals surface area contributed by atoms with E-state index in [1.54, 1.807) is 60.7 Å². The number of carbonyl (C=O) groups excluding carboxylic acids is 2. The molecule has 6 nitrogen and oxygen atoms in total. The Hall–Kier alpha value is -3.64. The highest BCUT2D eigenvalue weighted by Crippen LogP contribution is 2.12. The van der Waals surface area contributed by atoms with Crippen LogP contribution in [0.4, 0.5) is 5.69 Å². The van der Waals surface area contributed by atoms with Crippen LogP contribution in [-0.2, 0) is 4.79 Å². The number of rotatable bonds is 7. The molecule has 3 aromatic carbocycles. The Bertz CT molecular complexity index is 988. The molecule has 0 aliphatic carbocycles. The molecule has 0 spiro atoms. The first-order valence-electron chi connectivity index (χ1n) is 8.77. The predicted octanol–water partition coefficient (Wildman–Crippen LogP) is 4.12. The lowest BCUT2D eigenvalue weighted by Gasteiger charge is -2.07. The summed E-state index contributed by atoms with van der Waals surface area (Å²) in [5, 5.41) is 7.23. The number of halogens is 1. The zero-order chi connectivity index (χ0) is 20.5. The number of benzene rings is 3. The zero-order valence-corrected chi connectivity index (χ0v) is 16.1. The lowest BCUT2D eigenvalue weighted by molar-refractivity contribution is -0.118. The highest BCUT2D eigenvalue weighted by molar-refractivity contribution is 6.30. The summed E-state index contributed by atoms with van der Waals surface area (Å²) in [4.78, 5) is 23.8. The molecule has 29 heavy (non-hydrogen) atoms. The average Bonchev–Trinajstić information content (AvgIpc) is 2.74. The van der Waals surface area contributed by atoms with Gasteiger partial charge in [-0.05, 0) is 66.2 Å². The summed E-state index contributed by atoms with van der Waals surface area (Å²) in [6.07, 6.45) is 1.51. The zero-order valence-electron chi connectivity index (χ0n) is 15.3. The minimum Gasteiger partial charge on any atom is -0.484 e. The van der Waals surface area contributed by atoms with E-state index in [0.29, 0.717) is 22.0 Å². The van der Waals surface area contributed by atoms with E-state index in [1.165, 1.54) is 6.21 Å². The molecule has 0 fully saturated rings. The molecule has 0 aliphatic rings. The first-order chi connectivity index (χ1) is 14.1. The second kappa shape index (κ2) is 10.1. The predicted molar refractivity (Wildman–Crippen MR) is 114 cm³/mol. The molecule has 0 saturated heterocycles. The van der Waals surface area contributed by atoms with E-state index in [0.717, 1.165) is 5.56 Å². The fraction of sp³-hybridized carbons (Fsp3) is 0.0455. The number of carbonyl (C=O) groups is 2. The first-order valence-corrected chi connectivity index (χ1v) is 9.15. The summed E-state index contributed by atoms with van der Waals surface area (Å²) < 4.78 is 5.47. The van der Waals surface area contributed by atoms with Gasteiger partial charge < -0.3 is 10.1 Å². The van der Waals surface area contributed by atoms with E-state index in [2.05, 4.69) is 15.8 Å². The summed E-state index contributed by atoms with van der Waals surface area (Å²) in [5.41, 5.74) is 4.39. The summed E-state index contributed by atoms with van der Waals surface area (Å²) in [7, 11) is 0. The van der Waals surface area contributed by atoms with Crippen LogP contribution in [0.25, 0.3) is 0 Å². The topological polar surface area (TPSA) is 79.8 Å². The SMILES string of the molecule is O=C(COc1ccc(/C=N/NC(=O)c2ccc(Cl)cc2)cc1)Nc1ccccc1. The number of hydrogen-bond acceptors (Lipinski definition) is 4. The number of hydrazone groups is 1. The average molecular weight is 408 g/mol. The van der Waals surface area contributed by atoms with Crippen LogP contribution in [-0.4, -0.2) is 24.6 Å². The standard InChI is InChI=1S/C22H18ClN3O3/c23-18-10-8-17(9-11-18)22(28)26-24-14-16-6-12-20(13-7-16)29-15-21(27)25-19-4-2-1-3-5-19/h1-14H,15H2,(H,25,27)(H,26,28)/b24-14+. The number of hydrogen-bond donors (Lipinski definition) is 2. The van der Waals surface area contributed by atoms with Crippen molar-refractivity contribution in [2.45, 2.75) is 0 Å². The molecule has 146 valence electrons. The monoisotopic (exact) mass is 407 g/mol. The molecule has 2 N–H and O–H groups in total. The van der Waals surface area contributed by atoms with Crippen LogP contribution in [0.3, 0.4) is 0 Å². The van der Waals surface area contributed by atoms with E-state index in [1.807, 2.05) is 18.2 Å². The van der Waals surface area contributed by atoms with Gasteiger partial charge in [-0.25, -0.2) is 5.43 Å². The van der Waals surface area contributed by atoms with Crippen LogP contribution in [0, 0.1) is 0 Å². The van der Waals surface area contributed by atoms with Gasteiger partial charge in [0.2, 0.25) is 0 Å². The molecule has 0 unspecified atom stereocenters. The second-order valence-electron chi connectivity index (χ2n) is 5.98. The molecule has 3 aromatic rings. The van der Waals surface area contributed by atoms with Gasteiger partial charge in [-0.2, -0.15) is 5.10 Å². The van der Waals surface area contributed by atoms with Crippen LogP contribution in [0.1, 0.15) is 15.9 Å². The molecule has 0 aromatic heterocycles. The van der Waals surface area contributed by atoms with E-state index >= 15 is 0 Å². The summed E-state index contributed by atoms with van der Waals surface area (Å²) in [6, 6.07) is 22.7. The third-order valence-corrected chi connectivity index (χ3v) is 4.05. The Morgan fingerprint density at radius 1 is 0.931 bits per heavy atom. The third-order valence-electron chi connectivity index (χ3n) is 3.79. The number of para-hydroxylation sites is 1. The van der Waals surface area contributed by atoms with E-state index in [-0.39, 0.29) is 18.4 Å². The Balaban J connectivity index is 1.45. The second-order valence-corrected chi connectivity index (χ2v) is 6.41. The molecular formula is C22H18ClN3O3. The van der Waals surface area contributed by atoms with Gasteiger partial charge in [0.15, 0.2) is 6.61 Å². The molecule has 3 rings (SSSR count). The van der Waals surface area contributed by atoms with Gasteiger partial charge in [0.1, 0.15) is 5.75 Å². The Morgan fingerprint density at radius 2 is 1.62 bits per heavy atom. The van der Waals surface area contributed by atoms with Crippen molar-refractivity contribution in [3.8, 4) is 5.75 Å². The minimum atomic E-state index is -0.331. The molecule has 0 heterocycles. The van der Waals surface area contributed by atoms with E-state index in [4.69, 9.17) is 16.3 Å². The third kappa shape index (κ3) is 6.48. The maximum Gasteiger partial charge on any atom is 0.271 e. The van der Waals surface area contributed by atoms with Gasteiger partial charge in [-0.3, -0.25) is 9.59 Å². The Kier molecular flexibility index (Phi) is 6.97. The number of anilines is 1. The maximum absolute atomic E-state index is 12.0. The van der Waals surface area contributed by atoms with Gasteiger partial charge in [-0.1, -0.05) is 29.8 Å². The highest BCUT2D eigenvalue weighted by Gasteiger charge is 2.04. The summed E-state index contributed by atoms with van der Waals surface area (Å²) >= 11 is 5.80. The number of nitrogens with zero attached hydrogens (tertiary/aromatic N) is 1. The minimum absolute atomic E-state index is 0.0977. The smallest absolute Gasteiger partial charge is 0.271 e. The fourth-order valence-corrected chi connectivity index (χ4v) is 2.47. The number of amides is 2. The van der Waals surface area contributed by atoms with Gasteiger partial charge in [-0.15, -0.1) is 0 Å². The van der Waals surface area contributed by atoms with Crippen LogP contribution in [0.5, 0.6) is 5.75 Å². The number of nitrogens with one attached hydrogen (secondary N) is 2. The van der Waals surface area contributed by atoms with Crippen LogP contribution < -0.4 is 15.5 Å². The van der Waals surface area contributed by atoms with Gasteiger partial charge >= 0.3 is 0 Å². The highest BCUT2D eigenvalue weighted by atomic mass is 35.5. The molecule has 0 atom stereocenters. The molecule has 0 saturated carbocycles. The van der Waals surface area contributed by atoms with Crippen LogP contribution >= 0.6 is 11.6 Å². The summed E-state index contributed by atoms with van der Waals surface area (Å²) in [6.45, 7) is -0.0977. The van der Waals surface area contributed by atoms with Crippen LogP contribution in [0.15, 0.2) is 84.0 Å².